The van der Waals surface area contributed by atoms with E-state index in [1.165, 1.54) is 6.92 Å². The van der Waals surface area contributed by atoms with Crippen molar-refractivity contribution in [2.75, 3.05) is 6.61 Å². The molecule has 0 unspecified atom stereocenters. The summed E-state index contributed by atoms with van der Waals surface area (Å²) in [5.41, 5.74) is 0. The van der Waals surface area contributed by atoms with E-state index < -0.39 is 5.79 Å². The maximum atomic E-state index is 11.2. The van der Waals surface area contributed by atoms with Crippen molar-refractivity contribution in [3.8, 4) is 0 Å². The molecule has 2 rings (SSSR count). The van der Waals surface area contributed by atoms with Gasteiger partial charge in [-0.1, -0.05) is 22.6 Å². The number of esters is 1. The van der Waals surface area contributed by atoms with Crippen molar-refractivity contribution in [2.24, 2.45) is 0 Å². The summed E-state index contributed by atoms with van der Waals surface area (Å²) in [6.45, 7) is 4.18. The highest BCUT2D eigenvalue weighted by Gasteiger charge is 2.52. The molecule has 4 atom stereocenters. The van der Waals surface area contributed by atoms with Gasteiger partial charge in [0.05, 0.1) is 16.6 Å². The van der Waals surface area contributed by atoms with Crippen molar-refractivity contribution >= 4 is 28.6 Å². The third kappa shape index (κ3) is 2.93. The van der Waals surface area contributed by atoms with E-state index in [4.69, 9.17) is 14.2 Å². The molecule has 4 nitrogen and oxygen atoms in total. The van der Waals surface area contributed by atoms with Crippen LogP contribution in [-0.4, -0.2) is 34.5 Å². The van der Waals surface area contributed by atoms with Crippen LogP contribution in [0.3, 0.4) is 0 Å². The van der Waals surface area contributed by atoms with Crippen molar-refractivity contribution in [2.45, 2.75) is 61.5 Å². The molecular weight excluding hydrogens is 335 g/mol. The monoisotopic (exact) mass is 354 g/mol. The van der Waals surface area contributed by atoms with E-state index in [2.05, 4.69) is 29.5 Å². The Hall–Kier alpha value is 0.120. The number of alkyl halides is 1. The van der Waals surface area contributed by atoms with Gasteiger partial charge in [-0.05, 0) is 26.2 Å². The zero-order chi connectivity index (χ0) is 12.5. The minimum absolute atomic E-state index is 0.154. The predicted octanol–water partition coefficient (Wildman–Crippen LogP) is 2.43. The molecule has 0 radical (unpaired) electrons. The van der Waals surface area contributed by atoms with Gasteiger partial charge >= 0.3 is 5.97 Å². The van der Waals surface area contributed by atoms with Crippen LogP contribution in [0.4, 0.5) is 0 Å². The number of carbonyl (C=O) groups is 1. The Labute approximate surface area is 116 Å². The average molecular weight is 354 g/mol. The van der Waals surface area contributed by atoms with Crippen molar-refractivity contribution < 1.29 is 19.0 Å². The van der Waals surface area contributed by atoms with E-state index in [0.717, 1.165) is 25.7 Å². The maximum Gasteiger partial charge on any atom is 0.303 e. The van der Waals surface area contributed by atoms with E-state index >= 15 is 0 Å². The first-order valence-corrected chi connectivity index (χ1v) is 7.41. The van der Waals surface area contributed by atoms with Crippen molar-refractivity contribution in [1.82, 2.24) is 0 Å². The first-order valence-electron chi connectivity index (χ1n) is 6.16. The Morgan fingerprint density at radius 3 is 2.82 bits per heavy atom. The molecule has 5 heteroatoms. The SMILES string of the molecule is CC(=O)O[C@H]1[C@H](I)C[C@H](C)O[C@]12CCCCO2. The van der Waals surface area contributed by atoms with Crippen LogP contribution in [0.2, 0.25) is 0 Å². The Morgan fingerprint density at radius 1 is 1.47 bits per heavy atom. The van der Waals surface area contributed by atoms with E-state index in [9.17, 15) is 4.79 Å². The number of hydrogen-bond acceptors (Lipinski definition) is 4. The molecule has 0 aromatic rings. The summed E-state index contributed by atoms with van der Waals surface area (Å²) in [5, 5.41) is 0. The van der Waals surface area contributed by atoms with Crippen LogP contribution < -0.4 is 0 Å². The molecule has 0 saturated carbocycles. The van der Waals surface area contributed by atoms with Gasteiger partial charge in [0.1, 0.15) is 0 Å². The first kappa shape index (κ1) is 13.5. The average Bonchev–Trinajstić information content (AvgIpc) is 2.24. The predicted molar refractivity (Wildman–Crippen MR) is 71.1 cm³/mol. The second kappa shape index (κ2) is 5.40. The van der Waals surface area contributed by atoms with Crippen LogP contribution in [0.5, 0.6) is 0 Å². The Morgan fingerprint density at radius 2 is 2.24 bits per heavy atom. The Kier molecular flexibility index (Phi) is 4.31. The van der Waals surface area contributed by atoms with Crippen LogP contribution in [0.1, 0.15) is 39.5 Å². The molecule has 0 bridgehead atoms. The second-order valence-electron chi connectivity index (χ2n) is 4.83. The number of hydrogen-bond donors (Lipinski definition) is 0. The summed E-state index contributed by atoms with van der Waals surface area (Å²) in [6, 6.07) is 0. The van der Waals surface area contributed by atoms with Crippen molar-refractivity contribution in [3.63, 3.8) is 0 Å². The minimum atomic E-state index is -0.701. The summed E-state index contributed by atoms with van der Waals surface area (Å²) in [7, 11) is 0. The van der Waals surface area contributed by atoms with Gasteiger partial charge < -0.3 is 14.2 Å². The van der Waals surface area contributed by atoms with Gasteiger partial charge in [0, 0.05) is 13.3 Å². The summed E-state index contributed by atoms with van der Waals surface area (Å²) in [6.07, 6.45) is 3.70. The normalized spacial score (nSPS) is 42.4. The van der Waals surface area contributed by atoms with E-state index in [0.29, 0.717) is 6.61 Å². The fraction of sp³-hybridized carbons (Fsp3) is 0.917. The molecular formula is C12H19IO4. The Bertz CT molecular complexity index is 288. The summed E-state index contributed by atoms with van der Waals surface area (Å²) in [4.78, 5) is 11.2. The fourth-order valence-electron chi connectivity index (χ4n) is 2.62. The van der Waals surface area contributed by atoms with Crippen LogP contribution in [0, 0.1) is 0 Å². The molecule has 0 aromatic carbocycles. The highest BCUT2D eigenvalue weighted by molar-refractivity contribution is 14.1. The maximum absolute atomic E-state index is 11.2. The smallest absolute Gasteiger partial charge is 0.303 e. The summed E-state index contributed by atoms with van der Waals surface area (Å²) < 4.78 is 17.5. The molecule has 0 aromatic heterocycles. The van der Waals surface area contributed by atoms with Crippen molar-refractivity contribution in [1.29, 1.82) is 0 Å². The van der Waals surface area contributed by atoms with Crippen LogP contribution in [-0.2, 0) is 19.0 Å². The number of ether oxygens (including phenoxy) is 3. The molecule has 0 amide bonds. The molecule has 2 heterocycles. The highest BCUT2D eigenvalue weighted by Crippen LogP contribution is 2.41. The molecule has 2 fully saturated rings. The number of halogens is 1. The molecule has 2 saturated heterocycles. The quantitative estimate of drug-likeness (QED) is 0.412. The molecule has 98 valence electrons. The van der Waals surface area contributed by atoms with Gasteiger partial charge in [-0.3, -0.25) is 4.79 Å². The zero-order valence-corrected chi connectivity index (χ0v) is 12.4. The minimum Gasteiger partial charge on any atom is -0.456 e. The molecule has 17 heavy (non-hydrogen) atoms. The molecule has 0 N–H and O–H groups in total. The van der Waals surface area contributed by atoms with Gasteiger partial charge in [0.2, 0.25) is 5.79 Å². The highest BCUT2D eigenvalue weighted by atomic mass is 127. The lowest BCUT2D eigenvalue weighted by molar-refractivity contribution is -0.329. The third-order valence-electron chi connectivity index (χ3n) is 3.28. The first-order chi connectivity index (χ1) is 8.03. The molecule has 2 aliphatic heterocycles. The second-order valence-corrected chi connectivity index (χ2v) is 6.43. The van der Waals surface area contributed by atoms with Crippen molar-refractivity contribution in [3.05, 3.63) is 0 Å². The number of rotatable bonds is 1. The van der Waals surface area contributed by atoms with Crippen LogP contribution in [0.15, 0.2) is 0 Å². The summed E-state index contributed by atoms with van der Waals surface area (Å²) >= 11 is 2.34. The molecule has 0 aliphatic carbocycles. The van der Waals surface area contributed by atoms with E-state index in [-0.39, 0.29) is 22.1 Å². The molecule has 2 aliphatic rings. The topological polar surface area (TPSA) is 44.8 Å². The van der Waals surface area contributed by atoms with Gasteiger partial charge in [-0.15, -0.1) is 0 Å². The lowest BCUT2D eigenvalue weighted by atomic mass is 9.92. The molecule has 1 spiro atoms. The summed E-state index contributed by atoms with van der Waals surface area (Å²) in [5.74, 6) is -0.962. The van der Waals surface area contributed by atoms with E-state index in [1.54, 1.807) is 0 Å². The van der Waals surface area contributed by atoms with Gasteiger partial charge in [-0.2, -0.15) is 0 Å². The zero-order valence-electron chi connectivity index (χ0n) is 10.3. The third-order valence-corrected chi connectivity index (χ3v) is 4.44. The number of carbonyl (C=O) groups excluding carboxylic acids is 1. The van der Waals surface area contributed by atoms with Gasteiger partial charge in [-0.25, -0.2) is 0 Å². The van der Waals surface area contributed by atoms with Gasteiger partial charge in [0.25, 0.3) is 0 Å². The van der Waals surface area contributed by atoms with Gasteiger partial charge in [0.15, 0.2) is 6.10 Å². The Balaban J connectivity index is 2.19. The lowest BCUT2D eigenvalue weighted by Crippen LogP contribution is -2.60. The lowest BCUT2D eigenvalue weighted by Gasteiger charge is -2.48. The van der Waals surface area contributed by atoms with Crippen LogP contribution >= 0.6 is 22.6 Å². The van der Waals surface area contributed by atoms with Crippen LogP contribution in [0.25, 0.3) is 0 Å². The fourth-order valence-corrected chi connectivity index (χ4v) is 4.03. The largest absolute Gasteiger partial charge is 0.456 e. The standard InChI is InChI=1S/C12H19IO4/c1-8-7-10(13)11(16-9(2)14)12(17-8)5-3-4-6-15-12/h8,10-11H,3-7H2,1-2H3/t8-,10+,11-,12+/m0/s1. The van der Waals surface area contributed by atoms with E-state index in [1.807, 2.05) is 0 Å².